The van der Waals surface area contributed by atoms with Crippen molar-refractivity contribution in [2.24, 2.45) is 0 Å². The fraction of sp³-hybridized carbons (Fsp3) is 0.227. The van der Waals surface area contributed by atoms with E-state index in [-0.39, 0.29) is 5.78 Å². The second kappa shape index (κ2) is 8.84. The standard InChI is InChI=1S/C22H20BrNO2/c1-17(25)19(8-7-18-5-3-2-4-6-18)15-20-9-10-21(23)16-22(20)24-11-13-26-14-12-24/h2-6,9-10,15-16H,11-14H2,1H3/b19-15+. The molecule has 1 aliphatic heterocycles. The highest BCUT2D eigenvalue weighted by atomic mass is 79.9. The largest absolute Gasteiger partial charge is 0.378 e. The predicted molar refractivity (Wildman–Crippen MR) is 109 cm³/mol. The Kier molecular flexibility index (Phi) is 6.27. The molecule has 1 aliphatic rings. The van der Waals surface area contributed by atoms with Crippen molar-refractivity contribution in [3.63, 3.8) is 0 Å². The first-order chi connectivity index (χ1) is 12.6. The van der Waals surface area contributed by atoms with Crippen LogP contribution in [0.25, 0.3) is 6.08 Å². The van der Waals surface area contributed by atoms with Crippen molar-refractivity contribution in [2.45, 2.75) is 6.92 Å². The van der Waals surface area contributed by atoms with Gasteiger partial charge in [-0.3, -0.25) is 4.79 Å². The smallest absolute Gasteiger partial charge is 0.168 e. The molecular weight excluding hydrogens is 390 g/mol. The van der Waals surface area contributed by atoms with Crippen molar-refractivity contribution < 1.29 is 9.53 Å². The van der Waals surface area contributed by atoms with Crippen LogP contribution in [-0.4, -0.2) is 32.1 Å². The van der Waals surface area contributed by atoms with E-state index in [4.69, 9.17) is 4.74 Å². The molecule has 1 fully saturated rings. The third-order valence-corrected chi connectivity index (χ3v) is 4.63. The molecule has 3 rings (SSSR count). The molecule has 0 amide bonds. The fourth-order valence-corrected chi connectivity index (χ4v) is 3.11. The highest BCUT2D eigenvalue weighted by Gasteiger charge is 2.15. The third-order valence-electron chi connectivity index (χ3n) is 4.14. The predicted octanol–water partition coefficient (Wildman–Crippen LogP) is 4.31. The normalized spacial score (nSPS) is 14.5. The average molecular weight is 410 g/mol. The molecule has 1 heterocycles. The van der Waals surface area contributed by atoms with Gasteiger partial charge in [-0.25, -0.2) is 0 Å². The molecule has 0 N–H and O–H groups in total. The lowest BCUT2D eigenvalue weighted by Crippen LogP contribution is -2.36. The monoisotopic (exact) mass is 409 g/mol. The van der Waals surface area contributed by atoms with Crippen LogP contribution in [0.2, 0.25) is 0 Å². The number of carbonyl (C=O) groups excluding carboxylic acids is 1. The van der Waals surface area contributed by atoms with Crippen LogP contribution in [-0.2, 0) is 9.53 Å². The Bertz CT molecular complexity index is 872. The SMILES string of the molecule is CC(=O)/C(C#Cc1ccccc1)=C/c1ccc(Br)cc1N1CCOCC1. The number of nitrogens with zero attached hydrogens (tertiary/aromatic N) is 1. The zero-order chi connectivity index (χ0) is 18.4. The Hall–Kier alpha value is -2.35. The van der Waals surface area contributed by atoms with Crippen molar-refractivity contribution in [3.8, 4) is 11.8 Å². The van der Waals surface area contributed by atoms with E-state index in [1.807, 2.05) is 48.5 Å². The molecule has 0 atom stereocenters. The molecule has 0 bridgehead atoms. The first-order valence-corrected chi connectivity index (χ1v) is 9.35. The molecule has 0 saturated carbocycles. The number of anilines is 1. The van der Waals surface area contributed by atoms with Crippen molar-refractivity contribution in [1.82, 2.24) is 0 Å². The maximum Gasteiger partial charge on any atom is 0.168 e. The highest BCUT2D eigenvalue weighted by Crippen LogP contribution is 2.28. The van der Waals surface area contributed by atoms with Gasteiger partial charge < -0.3 is 9.64 Å². The maximum atomic E-state index is 12.1. The lowest BCUT2D eigenvalue weighted by molar-refractivity contribution is -0.113. The van der Waals surface area contributed by atoms with Gasteiger partial charge in [-0.15, -0.1) is 0 Å². The quantitative estimate of drug-likeness (QED) is 0.558. The Morgan fingerprint density at radius 2 is 1.88 bits per heavy atom. The van der Waals surface area contributed by atoms with Gasteiger partial charge >= 0.3 is 0 Å². The average Bonchev–Trinajstić information content (AvgIpc) is 2.67. The molecule has 2 aromatic carbocycles. The first-order valence-electron chi connectivity index (χ1n) is 8.55. The van der Waals surface area contributed by atoms with Crippen molar-refractivity contribution in [1.29, 1.82) is 0 Å². The van der Waals surface area contributed by atoms with Crippen molar-refractivity contribution in [2.75, 3.05) is 31.2 Å². The number of rotatable bonds is 3. The minimum atomic E-state index is -0.0377. The van der Waals surface area contributed by atoms with E-state index in [2.05, 4.69) is 38.7 Å². The van der Waals surface area contributed by atoms with Gasteiger partial charge in [0, 0.05) is 28.8 Å². The third kappa shape index (κ3) is 4.85. The zero-order valence-electron chi connectivity index (χ0n) is 14.7. The fourth-order valence-electron chi connectivity index (χ4n) is 2.76. The van der Waals surface area contributed by atoms with E-state index in [0.717, 1.165) is 34.4 Å². The Labute approximate surface area is 162 Å². The highest BCUT2D eigenvalue weighted by molar-refractivity contribution is 9.10. The van der Waals surface area contributed by atoms with Crippen LogP contribution in [0.1, 0.15) is 18.1 Å². The van der Waals surface area contributed by atoms with E-state index in [1.54, 1.807) is 6.92 Å². The molecule has 0 spiro atoms. The molecule has 0 radical (unpaired) electrons. The number of carbonyl (C=O) groups is 1. The van der Waals surface area contributed by atoms with Gasteiger partial charge in [0.25, 0.3) is 0 Å². The second-order valence-electron chi connectivity index (χ2n) is 6.03. The van der Waals surface area contributed by atoms with Crippen LogP contribution in [0.15, 0.2) is 58.6 Å². The summed E-state index contributed by atoms with van der Waals surface area (Å²) in [4.78, 5) is 14.4. The summed E-state index contributed by atoms with van der Waals surface area (Å²) in [6.45, 7) is 4.65. The molecule has 1 saturated heterocycles. The lowest BCUT2D eigenvalue weighted by atomic mass is 10.0. The van der Waals surface area contributed by atoms with Gasteiger partial charge in [0.05, 0.1) is 18.8 Å². The summed E-state index contributed by atoms with van der Waals surface area (Å²) in [5.74, 6) is 6.07. The number of ketones is 1. The summed E-state index contributed by atoms with van der Waals surface area (Å²) >= 11 is 3.55. The molecule has 2 aromatic rings. The van der Waals surface area contributed by atoms with Crippen LogP contribution < -0.4 is 4.90 Å². The number of ether oxygens (including phenoxy) is 1. The van der Waals surface area contributed by atoms with Crippen LogP contribution >= 0.6 is 15.9 Å². The van der Waals surface area contributed by atoms with E-state index in [1.165, 1.54) is 0 Å². The van der Waals surface area contributed by atoms with E-state index in [0.29, 0.717) is 18.8 Å². The van der Waals surface area contributed by atoms with E-state index >= 15 is 0 Å². The summed E-state index contributed by atoms with van der Waals surface area (Å²) in [5, 5.41) is 0. The molecule has 0 unspecified atom stereocenters. The van der Waals surface area contributed by atoms with Crippen LogP contribution in [0.3, 0.4) is 0 Å². The summed E-state index contributed by atoms with van der Waals surface area (Å²) < 4.78 is 6.46. The van der Waals surface area contributed by atoms with Crippen LogP contribution in [0.5, 0.6) is 0 Å². The Morgan fingerprint density at radius 3 is 2.58 bits per heavy atom. The molecule has 0 aliphatic carbocycles. The number of benzene rings is 2. The molecule has 26 heavy (non-hydrogen) atoms. The number of hydrogen-bond acceptors (Lipinski definition) is 3. The topological polar surface area (TPSA) is 29.5 Å². The van der Waals surface area contributed by atoms with Gasteiger partial charge in [0.15, 0.2) is 5.78 Å². The van der Waals surface area contributed by atoms with E-state index < -0.39 is 0 Å². The second-order valence-corrected chi connectivity index (χ2v) is 6.95. The minimum absolute atomic E-state index is 0.0377. The number of halogens is 1. The maximum absolute atomic E-state index is 12.1. The lowest BCUT2D eigenvalue weighted by Gasteiger charge is -2.30. The molecule has 3 nitrogen and oxygen atoms in total. The van der Waals surface area contributed by atoms with Gasteiger partial charge in [-0.1, -0.05) is 52.0 Å². The number of hydrogen-bond donors (Lipinski definition) is 0. The van der Waals surface area contributed by atoms with Crippen molar-refractivity contribution in [3.05, 3.63) is 69.7 Å². The number of morpholine rings is 1. The minimum Gasteiger partial charge on any atom is -0.378 e. The summed E-state index contributed by atoms with van der Waals surface area (Å²) in [6.07, 6.45) is 1.88. The van der Waals surface area contributed by atoms with Crippen molar-refractivity contribution >= 4 is 33.5 Å². The van der Waals surface area contributed by atoms with Gasteiger partial charge in [0.2, 0.25) is 0 Å². The zero-order valence-corrected chi connectivity index (χ0v) is 16.3. The van der Waals surface area contributed by atoms with Gasteiger partial charge in [-0.2, -0.15) is 0 Å². The number of Topliss-reactive ketones (excluding diaryl/α,β-unsaturated/α-hetero) is 1. The summed E-state index contributed by atoms with van der Waals surface area (Å²) in [7, 11) is 0. The molecule has 4 heteroatoms. The Morgan fingerprint density at radius 1 is 1.15 bits per heavy atom. The summed E-state index contributed by atoms with van der Waals surface area (Å²) in [6, 6.07) is 15.8. The Balaban J connectivity index is 1.98. The van der Waals surface area contributed by atoms with E-state index in [9.17, 15) is 4.79 Å². The van der Waals surface area contributed by atoms with Crippen LogP contribution in [0, 0.1) is 11.8 Å². The number of allylic oxidation sites excluding steroid dienone is 1. The molecule has 0 aromatic heterocycles. The molecular formula is C22H20BrNO2. The first kappa shape index (κ1) is 18.4. The van der Waals surface area contributed by atoms with Crippen LogP contribution in [0.4, 0.5) is 5.69 Å². The molecule has 132 valence electrons. The van der Waals surface area contributed by atoms with Gasteiger partial charge in [-0.05, 0) is 42.8 Å². The summed E-state index contributed by atoms with van der Waals surface area (Å²) in [5.41, 5.74) is 3.47. The van der Waals surface area contributed by atoms with Gasteiger partial charge in [0.1, 0.15) is 0 Å².